The molecule has 0 radical (unpaired) electrons. The molecule has 0 heterocycles. The van der Waals surface area contributed by atoms with Crippen LogP contribution in [-0.4, -0.2) is 73.6 Å². The molecule has 1 amide bonds. The molecule has 2 atom stereocenters. The van der Waals surface area contributed by atoms with Gasteiger partial charge in [0.2, 0.25) is 5.91 Å². The highest BCUT2D eigenvalue weighted by atomic mass is 16.5. The average Bonchev–Trinajstić information content (AvgIpc) is 3.17. The minimum absolute atomic E-state index is 0.0477. The summed E-state index contributed by atoms with van der Waals surface area (Å²) in [5.74, 6) is -0.296. The van der Waals surface area contributed by atoms with Crippen LogP contribution in [0.2, 0.25) is 0 Å². The van der Waals surface area contributed by atoms with Gasteiger partial charge in [0, 0.05) is 13.0 Å². The monoisotopic (exact) mass is 765 g/mol. The Bertz CT molecular complexity index is 794. The lowest BCUT2D eigenvalue weighted by Crippen LogP contribution is -2.40. The van der Waals surface area contributed by atoms with Gasteiger partial charge in [-0.25, -0.2) is 0 Å². The van der Waals surface area contributed by atoms with Crippen LogP contribution in [0.5, 0.6) is 0 Å². The molecule has 0 saturated carbocycles. The zero-order valence-corrected chi connectivity index (χ0v) is 37.0. The predicted octanol–water partition coefficient (Wildman–Crippen LogP) is 12.9. The van der Waals surface area contributed by atoms with Crippen LogP contribution in [0, 0.1) is 11.8 Å². The van der Waals surface area contributed by atoms with Crippen LogP contribution in [0.25, 0.3) is 0 Å². The molecule has 54 heavy (non-hydrogen) atoms. The third-order valence-electron chi connectivity index (χ3n) is 11.2. The van der Waals surface area contributed by atoms with Gasteiger partial charge in [-0.05, 0) is 51.6 Å². The number of unbranched alkanes of at least 4 members (excludes halogenated alkanes) is 18. The van der Waals surface area contributed by atoms with Crippen molar-refractivity contribution in [2.24, 2.45) is 11.8 Å². The molecule has 7 nitrogen and oxygen atoms in total. The highest BCUT2D eigenvalue weighted by Crippen LogP contribution is 2.22. The van der Waals surface area contributed by atoms with Crippen LogP contribution in [0.1, 0.15) is 228 Å². The normalized spacial score (nSPS) is 12.6. The van der Waals surface area contributed by atoms with E-state index in [0.29, 0.717) is 19.5 Å². The molecule has 2 unspecified atom stereocenters. The van der Waals surface area contributed by atoms with E-state index < -0.39 is 0 Å². The molecule has 320 valence electrons. The highest BCUT2D eigenvalue weighted by Gasteiger charge is 2.23. The summed E-state index contributed by atoms with van der Waals surface area (Å²) in [6.45, 7) is 17.1. The van der Waals surface area contributed by atoms with Gasteiger partial charge >= 0.3 is 11.9 Å². The summed E-state index contributed by atoms with van der Waals surface area (Å²) < 4.78 is 11.9. The van der Waals surface area contributed by atoms with Crippen molar-refractivity contribution in [3.8, 4) is 0 Å². The van der Waals surface area contributed by atoms with Crippen molar-refractivity contribution in [2.45, 2.75) is 228 Å². The first kappa shape index (κ1) is 52.4. The Morgan fingerprint density at radius 3 is 1.06 bits per heavy atom. The molecular formula is C47H92N2O5. The summed E-state index contributed by atoms with van der Waals surface area (Å²) in [6.07, 6.45) is 32.2. The predicted molar refractivity (Wildman–Crippen MR) is 230 cm³/mol. The Morgan fingerprint density at radius 1 is 0.389 bits per heavy atom. The fourth-order valence-electron chi connectivity index (χ4n) is 7.36. The van der Waals surface area contributed by atoms with E-state index in [9.17, 15) is 14.4 Å². The van der Waals surface area contributed by atoms with Gasteiger partial charge in [-0.2, -0.15) is 0 Å². The smallest absolute Gasteiger partial charge is 0.308 e. The second-order valence-electron chi connectivity index (χ2n) is 16.2. The number of nitrogens with zero attached hydrogens (tertiary/aromatic N) is 2. The standard InChI is InChI=1S/C47H92N2O5/c1-7-13-19-23-25-29-33-43(31-27-21-15-9-3)46(51)53-41-39-49(45(50)35-38-48(36-17-11-5)37-18-12-6)40-42-54-47(52)44(32-28-22-16-10-4)34-30-26-24-20-14-8-2/h43-44H,7-42H2,1-6H3. The third-order valence-corrected chi connectivity index (χ3v) is 11.2. The molecule has 0 aliphatic rings. The Balaban J connectivity index is 5.49. The van der Waals surface area contributed by atoms with Crippen LogP contribution in [0.4, 0.5) is 0 Å². The Hall–Kier alpha value is -1.63. The van der Waals surface area contributed by atoms with Crippen LogP contribution < -0.4 is 0 Å². The molecule has 0 saturated heterocycles. The Labute approximate surface area is 336 Å². The zero-order chi connectivity index (χ0) is 39.9. The first-order chi connectivity index (χ1) is 26.4. The molecule has 0 rings (SSSR count). The molecule has 0 aliphatic carbocycles. The third kappa shape index (κ3) is 30.6. The van der Waals surface area contributed by atoms with Gasteiger partial charge in [-0.1, -0.05) is 183 Å². The Morgan fingerprint density at radius 2 is 0.704 bits per heavy atom. The summed E-state index contributed by atoms with van der Waals surface area (Å²) in [5.41, 5.74) is 0. The van der Waals surface area contributed by atoms with Gasteiger partial charge in [0.25, 0.3) is 0 Å². The molecule has 0 aliphatic heterocycles. The first-order valence-corrected chi connectivity index (χ1v) is 23.7. The fourth-order valence-corrected chi connectivity index (χ4v) is 7.36. The molecule has 7 heteroatoms. The van der Waals surface area contributed by atoms with Gasteiger partial charge in [-0.15, -0.1) is 0 Å². The first-order valence-electron chi connectivity index (χ1n) is 23.7. The number of amides is 1. The van der Waals surface area contributed by atoms with Gasteiger partial charge < -0.3 is 19.3 Å². The van der Waals surface area contributed by atoms with Crippen molar-refractivity contribution >= 4 is 17.8 Å². The zero-order valence-electron chi connectivity index (χ0n) is 37.0. The van der Waals surface area contributed by atoms with E-state index in [1.54, 1.807) is 4.90 Å². The molecular weight excluding hydrogens is 673 g/mol. The highest BCUT2D eigenvalue weighted by molar-refractivity contribution is 5.77. The number of hydrogen-bond donors (Lipinski definition) is 0. The maximum absolute atomic E-state index is 13.7. The second-order valence-corrected chi connectivity index (χ2v) is 16.2. The van der Waals surface area contributed by atoms with Crippen LogP contribution in [-0.2, 0) is 23.9 Å². The number of esters is 2. The molecule has 0 N–H and O–H groups in total. The van der Waals surface area contributed by atoms with Gasteiger partial charge in [0.15, 0.2) is 0 Å². The quantitative estimate of drug-likeness (QED) is 0.0456. The summed E-state index contributed by atoms with van der Waals surface area (Å²) in [4.78, 5) is 44.7. The lowest BCUT2D eigenvalue weighted by atomic mass is 9.94. The van der Waals surface area contributed by atoms with Crippen LogP contribution in [0.15, 0.2) is 0 Å². The van der Waals surface area contributed by atoms with Crippen LogP contribution >= 0.6 is 0 Å². The number of rotatable bonds is 41. The minimum Gasteiger partial charge on any atom is -0.464 e. The summed E-state index contributed by atoms with van der Waals surface area (Å²) in [7, 11) is 0. The van der Waals surface area contributed by atoms with E-state index in [1.165, 1.54) is 89.9 Å². The number of carbonyl (C=O) groups is 3. The minimum atomic E-state index is -0.107. The number of ether oxygens (including phenoxy) is 2. The van der Waals surface area contributed by atoms with E-state index in [4.69, 9.17) is 9.47 Å². The van der Waals surface area contributed by atoms with Crippen molar-refractivity contribution in [3.05, 3.63) is 0 Å². The fraction of sp³-hybridized carbons (Fsp3) is 0.936. The van der Waals surface area contributed by atoms with Gasteiger partial charge in [0.1, 0.15) is 13.2 Å². The topological polar surface area (TPSA) is 76.1 Å². The van der Waals surface area contributed by atoms with E-state index in [2.05, 4.69) is 46.4 Å². The van der Waals surface area contributed by atoms with Crippen molar-refractivity contribution in [2.75, 3.05) is 45.9 Å². The van der Waals surface area contributed by atoms with E-state index >= 15 is 0 Å². The summed E-state index contributed by atoms with van der Waals surface area (Å²) in [5, 5.41) is 0. The van der Waals surface area contributed by atoms with Gasteiger partial charge in [0.05, 0.1) is 24.9 Å². The Kier molecular flexibility index (Phi) is 38.4. The van der Waals surface area contributed by atoms with Crippen molar-refractivity contribution in [1.29, 1.82) is 0 Å². The van der Waals surface area contributed by atoms with Crippen molar-refractivity contribution < 1.29 is 23.9 Å². The molecule has 0 aromatic heterocycles. The lowest BCUT2D eigenvalue weighted by Gasteiger charge is -2.26. The summed E-state index contributed by atoms with van der Waals surface area (Å²) in [6, 6.07) is 0. The van der Waals surface area contributed by atoms with Gasteiger partial charge in [-0.3, -0.25) is 14.4 Å². The summed E-state index contributed by atoms with van der Waals surface area (Å²) >= 11 is 0. The maximum atomic E-state index is 13.7. The SMILES string of the molecule is CCCCCCCCC(CCCCCC)C(=O)OCCN(CCOC(=O)C(CCCCCC)CCCCCCCC)C(=O)CCN(CCCC)CCCC. The van der Waals surface area contributed by atoms with E-state index in [0.717, 1.165) is 110 Å². The molecule has 0 spiro atoms. The van der Waals surface area contributed by atoms with E-state index in [1.807, 2.05) is 0 Å². The second kappa shape index (κ2) is 39.6. The molecule has 0 bridgehead atoms. The van der Waals surface area contributed by atoms with Crippen LogP contribution in [0.3, 0.4) is 0 Å². The van der Waals surface area contributed by atoms with Crippen molar-refractivity contribution in [1.82, 2.24) is 9.80 Å². The molecule has 0 aromatic rings. The lowest BCUT2D eigenvalue weighted by molar-refractivity contribution is -0.152. The van der Waals surface area contributed by atoms with E-state index in [-0.39, 0.29) is 42.9 Å². The molecule has 0 fully saturated rings. The molecule has 0 aromatic carbocycles. The average molecular weight is 765 g/mol. The number of hydrogen-bond acceptors (Lipinski definition) is 6. The number of carbonyl (C=O) groups excluding carboxylic acids is 3. The van der Waals surface area contributed by atoms with Crippen molar-refractivity contribution in [3.63, 3.8) is 0 Å². The largest absolute Gasteiger partial charge is 0.464 e. The maximum Gasteiger partial charge on any atom is 0.308 e.